The molecule has 0 aromatic heterocycles. The Kier molecular flexibility index (Phi) is 5.24. The summed E-state index contributed by atoms with van der Waals surface area (Å²) in [7, 11) is 1.71. The standard InChI is InChI=1S/C16H24N2O3S/c1-6-18(7-2)22-17(5)15(19)20-13-10-8-9-12-11-16(3,4)21-14(12)13/h8-10H,6-7,11H2,1-5H3. The fourth-order valence-electron chi connectivity index (χ4n) is 2.37. The van der Waals surface area contributed by atoms with Crippen LogP contribution in [0.1, 0.15) is 33.3 Å². The monoisotopic (exact) mass is 324 g/mol. The summed E-state index contributed by atoms with van der Waals surface area (Å²) in [4.78, 5) is 12.2. The molecule has 22 heavy (non-hydrogen) atoms. The highest BCUT2D eigenvalue weighted by molar-refractivity contribution is 7.95. The molecule has 1 aliphatic rings. The van der Waals surface area contributed by atoms with Crippen LogP contribution >= 0.6 is 12.1 Å². The van der Waals surface area contributed by atoms with Gasteiger partial charge in [0.25, 0.3) is 0 Å². The summed E-state index contributed by atoms with van der Waals surface area (Å²) in [5.41, 5.74) is 0.821. The second-order valence-corrected chi connectivity index (χ2v) is 7.07. The molecule has 122 valence electrons. The Labute approximate surface area is 136 Å². The normalized spacial score (nSPS) is 15.4. The molecule has 6 heteroatoms. The maximum atomic E-state index is 12.2. The van der Waals surface area contributed by atoms with E-state index in [2.05, 4.69) is 18.2 Å². The van der Waals surface area contributed by atoms with Gasteiger partial charge >= 0.3 is 6.09 Å². The van der Waals surface area contributed by atoms with Gasteiger partial charge in [-0.1, -0.05) is 26.0 Å². The van der Waals surface area contributed by atoms with Gasteiger partial charge in [0.2, 0.25) is 0 Å². The Morgan fingerprint density at radius 2 is 2.05 bits per heavy atom. The van der Waals surface area contributed by atoms with Crippen molar-refractivity contribution in [2.24, 2.45) is 0 Å². The van der Waals surface area contributed by atoms with Gasteiger partial charge in [-0.2, -0.15) is 0 Å². The molecule has 0 bridgehead atoms. The Hall–Kier alpha value is -1.40. The first-order chi connectivity index (χ1) is 10.4. The van der Waals surface area contributed by atoms with E-state index in [4.69, 9.17) is 9.47 Å². The van der Waals surface area contributed by atoms with Crippen molar-refractivity contribution in [2.45, 2.75) is 39.7 Å². The van der Waals surface area contributed by atoms with E-state index in [1.54, 1.807) is 13.1 Å². The van der Waals surface area contributed by atoms with Crippen LogP contribution in [0.15, 0.2) is 18.2 Å². The molecule has 0 fully saturated rings. The average Bonchev–Trinajstić information content (AvgIpc) is 2.79. The summed E-state index contributed by atoms with van der Waals surface area (Å²) in [6.07, 6.45) is 0.413. The van der Waals surface area contributed by atoms with Gasteiger partial charge in [0.1, 0.15) is 5.60 Å². The first-order valence-electron chi connectivity index (χ1n) is 7.55. The second-order valence-electron chi connectivity index (χ2n) is 5.84. The lowest BCUT2D eigenvalue weighted by molar-refractivity contribution is 0.131. The zero-order chi connectivity index (χ0) is 16.3. The molecule has 0 atom stereocenters. The number of hydrogen-bond acceptors (Lipinski definition) is 5. The highest BCUT2D eigenvalue weighted by atomic mass is 32.2. The quantitative estimate of drug-likeness (QED) is 0.772. The Morgan fingerprint density at radius 3 is 2.68 bits per heavy atom. The molecule has 1 aromatic rings. The zero-order valence-electron chi connectivity index (χ0n) is 13.9. The van der Waals surface area contributed by atoms with Crippen molar-refractivity contribution in [1.29, 1.82) is 0 Å². The topological polar surface area (TPSA) is 42.0 Å². The highest BCUT2D eigenvalue weighted by Gasteiger charge is 2.33. The van der Waals surface area contributed by atoms with Gasteiger partial charge in [-0.3, -0.25) is 0 Å². The fraction of sp³-hybridized carbons (Fsp3) is 0.562. The van der Waals surface area contributed by atoms with E-state index in [1.165, 1.54) is 16.4 Å². The molecule has 1 aliphatic heterocycles. The van der Waals surface area contributed by atoms with Gasteiger partial charge in [-0.25, -0.2) is 13.4 Å². The van der Waals surface area contributed by atoms with E-state index in [0.717, 1.165) is 25.1 Å². The third-order valence-corrected chi connectivity index (χ3v) is 4.59. The number of carbonyl (C=O) groups is 1. The lowest BCUT2D eigenvalue weighted by Gasteiger charge is -2.23. The number of para-hydroxylation sites is 1. The van der Waals surface area contributed by atoms with E-state index >= 15 is 0 Å². The first-order valence-corrected chi connectivity index (χ1v) is 8.28. The third-order valence-electron chi connectivity index (χ3n) is 3.45. The number of ether oxygens (including phenoxy) is 2. The lowest BCUT2D eigenvalue weighted by Crippen LogP contribution is -2.29. The van der Waals surface area contributed by atoms with Crippen LogP contribution in [0.25, 0.3) is 0 Å². The number of carbonyl (C=O) groups excluding carboxylic acids is 1. The fourth-order valence-corrected chi connectivity index (χ4v) is 3.05. The van der Waals surface area contributed by atoms with E-state index in [-0.39, 0.29) is 5.60 Å². The molecule has 0 saturated heterocycles. The van der Waals surface area contributed by atoms with Crippen molar-refractivity contribution in [1.82, 2.24) is 8.61 Å². The first kappa shape index (κ1) is 17.0. The number of fused-ring (bicyclic) bond motifs is 1. The maximum absolute atomic E-state index is 12.2. The Balaban J connectivity index is 2.06. The van der Waals surface area contributed by atoms with E-state index in [0.29, 0.717) is 11.5 Å². The van der Waals surface area contributed by atoms with Gasteiger partial charge in [0, 0.05) is 44.3 Å². The SMILES string of the molecule is CCN(CC)SN(C)C(=O)Oc1cccc2c1OC(C)(C)C2. The van der Waals surface area contributed by atoms with Crippen LogP contribution in [0.5, 0.6) is 11.5 Å². The summed E-state index contributed by atoms with van der Waals surface area (Å²) in [6, 6.07) is 5.67. The molecule has 0 spiro atoms. The van der Waals surface area contributed by atoms with Crippen LogP contribution in [0.2, 0.25) is 0 Å². The van der Waals surface area contributed by atoms with Crippen LogP contribution in [-0.4, -0.2) is 40.4 Å². The molecular weight excluding hydrogens is 300 g/mol. The highest BCUT2D eigenvalue weighted by Crippen LogP contribution is 2.42. The van der Waals surface area contributed by atoms with Crippen LogP contribution in [0.3, 0.4) is 0 Å². The van der Waals surface area contributed by atoms with E-state index in [1.807, 2.05) is 26.0 Å². The molecule has 0 aliphatic carbocycles. The van der Waals surface area contributed by atoms with Gasteiger partial charge in [0.05, 0.1) is 0 Å². The van der Waals surface area contributed by atoms with Crippen LogP contribution in [0.4, 0.5) is 4.79 Å². The van der Waals surface area contributed by atoms with Crippen molar-refractivity contribution in [2.75, 3.05) is 20.1 Å². The minimum absolute atomic E-state index is 0.257. The maximum Gasteiger partial charge on any atom is 0.426 e. The molecule has 0 radical (unpaired) electrons. The smallest absolute Gasteiger partial charge is 0.426 e. The summed E-state index contributed by atoms with van der Waals surface area (Å²) in [5, 5.41) is 0. The van der Waals surface area contributed by atoms with Gasteiger partial charge < -0.3 is 9.47 Å². The van der Waals surface area contributed by atoms with Gasteiger partial charge in [-0.15, -0.1) is 0 Å². The third kappa shape index (κ3) is 3.87. The van der Waals surface area contributed by atoms with Crippen molar-refractivity contribution in [3.8, 4) is 11.5 Å². The minimum atomic E-state index is -0.404. The zero-order valence-corrected chi connectivity index (χ0v) is 14.7. The largest absolute Gasteiger partial charge is 0.483 e. The molecule has 5 nitrogen and oxygen atoms in total. The Morgan fingerprint density at radius 1 is 1.36 bits per heavy atom. The molecule has 1 aromatic carbocycles. The van der Waals surface area contributed by atoms with Crippen molar-refractivity contribution >= 4 is 18.2 Å². The predicted octanol–water partition coefficient (Wildman–Crippen LogP) is 3.74. The number of hydrogen-bond donors (Lipinski definition) is 0. The number of nitrogens with zero attached hydrogens (tertiary/aromatic N) is 2. The number of amides is 1. The summed E-state index contributed by atoms with van der Waals surface area (Å²) in [5.74, 6) is 1.17. The molecule has 0 N–H and O–H groups in total. The molecule has 2 rings (SSSR count). The van der Waals surface area contributed by atoms with Crippen molar-refractivity contribution in [3.63, 3.8) is 0 Å². The van der Waals surface area contributed by atoms with Crippen molar-refractivity contribution < 1.29 is 14.3 Å². The Bertz CT molecular complexity index is 544. The van der Waals surface area contributed by atoms with Gasteiger partial charge in [0.15, 0.2) is 11.5 Å². The van der Waals surface area contributed by atoms with E-state index < -0.39 is 6.09 Å². The average molecular weight is 324 g/mol. The molecular formula is C16H24N2O3S. The number of benzene rings is 1. The number of rotatable bonds is 5. The molecule has 0 saturated carbocycles. The van der Waals surface area contributed by atoms with E-state index in [9.17, 15) is 4.79 Å². The van der Waals surface area contributed by atoms with Crippen LogP contribution < -0.4 is 9.47 Å². The van der Waals surface area contributed by atoms with Gasteiger partial charge in [-0.05, 0) is 19.9 Å². The van der Waals surface area contributed by atoms with Crippen LogP contribution in [0, 0.1) is 0 Å². The molecule has 1 amide bonds. The minimum Gasteiger partial charge on any atom is -0.483 e. The van der Waals surface area contributed by atoms with Crippen molar-refractivity contribution in [3.05, 3.63) is 23.8 Å². The summed E-state index contributed by atoms with van der Waals surface area (Å²) >= 11 is 1.36. The second kappa shape index (κ2) is 6.79. The predicted molar refractivity (Wildman–Crippen MR) is 89.2 cm³/mol. The summed E-state index contributed by atoms with van der Waals surface area (Å²) in [6.45, 7) is 9.88. The molecule has 1 heterocycles. The summed E-state index contributed by atoms with van der Waals surface area (Å²) < 4.78 is 15.0. The lowest BCUT2D eigenvalue weighted by atomic mass is 10.0. The van der Waals surface area contributed by atoms with Crippen LogP contribution in [-0.2, 0) is 6.42 Å². The molecule has 0 unspecified atom stereocenters.